The third-order valence-corrected chi connectivity index (χ3v) is 3.66. The van der Waals surface area contributed by atoms with Gasteiger partial charge < -0.3 is 19.6 Å². The smallest absolute Gasteiger partial charge is 0.194 e. The highest BCUT2D eigenvalue weighted by Gasteiger charge is 2.19. The molecule has 0 saturated carbocycles. The molecule has 2 rings (SSSR count). The molecule has 1 atom stereocenters. The summed E-state index contributed by atoms with van der Waals surface area (Å²) in [6.45, 7) is 9.28. The Bertz CT molecular complexity index is 791. The monoisotopic (exact) mass is 383 g/mol. The first-order valence-electron chi connectivity index (χ1n) is 8.23. The maximum Gasteiger partial charge on any atom is 0.194 e. The van der Waals surface area contributed by atoms with Gasteiger partial charge in [-0.25, -0.2) is 0 Å². The van der Waals surface area contributed by atoms with Gasteiger partial charge in [0, 0.05) is 24.4 Å². The number of ether oxygens (including phenoxy) is 1. The number of hydrogen-bond acceptors (Lipinski definition) is 6. The molecular weight excluding hydrogens is 358 g/mol. The molecule has 144 valence electrons. The largest absolute Gasteiger partial charge is 0.490 e. The number of ketones is 2. The van der Waals surface area contributed by atoms with Gasteiger partial charge in [-0.3, -0.25) is 9.59 Å². The predicted octanol–water partition coefficient (Wildman–Crippen LogP) is 3.39. The zero-order valence-corrected chi connectivity index (χ0v) is 16.5. The van der Waals surface area contributed by atoms with Crippen LogP contribution in [0.15, 0.2) is 22.6 Å². The van der Waals surface area contributed by atoms with Crippen LogP contribution in [0.4, 0.5) is 0 Å². The third-order valence-electron chi connectivity index (χ3n) is 3.66. The molecule has 0 aliphatic heterocycles. The zero-order valence-electron chi connectivity index (χ0n) is 15.7. The Balaban J connectivity index is 0.00000338. The van der Waals surface area contributed by atoms with Crippen LogP contribution in [0, 0.1) is 0 Å². The second kappa shape index (κ2) is 8.66. The molecule has 26 heavy (non-hydrogen) atoms. The topological polar surface area (TPSA) is 88.8 Å². The van der Waals surface area contributed by atoms with Gasteiger partial charge in [-0.2, -0.15) is 0 Å². The SMILES string of the molecule is CC(=O)c1cc2c(C(C)=O)c(OCC(O)CNC(C)(C)C)ccc2o1.Cl. The van der Waals surface area contributed by atoms with Gasteiger partial charge in [0.1, 0.15) is 24.0 Å². The van der Waals surface area contributed by atoms with Crippen molar-refractivity contribution in [2.75, 3.05) is 13.2 Å². The van der Waals surface area contributed by atoms with Crippen LogP contribution >= 0.6 is 12.4 Å². The van der Waals surface area contributed by atoms with E-state index in [2.05, 4.69) is 5.32 Å². The van der Waals surface area contributed by atoms with Gasteiger partial charge in [0.2, 0.25) is 0 Å². The average Bonchev–Trinajstić information content (AvgIpc) is 2.93. The van der Waals surface area contributed by atoms with E-state index in [0.717, 1.165) is 0 Å². The van der Waals surface area contributed by atoms with Gasteiger partial charge >= 0.3 is 0 Å². The molecule has 1 aromatic carbocycles. The van der Waals surface area contributed by atoms with Crippen LogP contribution in [0.5, 0.6) is 5.75 Å². The Labute approximate surface area is 159 Å². The summed E-state index contributed by atoms with van der Waals surface area (Å²) >= 11 is 0. The Morgan fingerprint density at radius 1 is 1.23 bits per heavy atom. The lowest BCUT2D eigenvalue weighted by Crippen LogP contribution is -2.42. The lowest BCUT2D eigenvalue weighted by Gasteiger charge is -2.23. The van der Waals surface area contributed by atoms with E-state index in [1.165, 1.54) is 13.8 Å². The number of carbonyl (C=O) groups is 2. The Hall–Kier alpha value is -1.89. The van der Waals surface area contributed by atoms with E-state index in [0.29, 0.717) is 28.8 Å². The number of fused-ring (bicyclic) bond motifs is 1. The van der Waals surface area contributed by atoms with Crippen LogP contribution in [0.25, 0.3) is 11.0 Å². The highest BCUT2D eigenvalue weighted by molar-refractivity contribution is 6.10. The van der Waals surface area contributed by atoms with E-state index >= 15 is 0 Å². The molecule has 1 unspecified atom stereocenters. The molecule has 0 amide bonds. The Morgan fingerprint density at radius 2 is 1.88 bits per heavy atom. The van der Waals surface area contributed by atoms with Crippen LogP contribution in [0.2, 0.25) is 0 Å². The Morgan fingerprint density at radius 3 is 2.42 bits per heavy atom. The fourth-order valence-corrected chi connectivity index (χ4v) is 2.42. The van der Waals surface area contributed by atoms with Crippen molar-refractivity contribution in [3.8, 4) is 5.75 Å². The fraction of sp³-hybridized carbons (Fsp3) is 0.474. The van der Waals surface area contributed by atoms with Gasteiger partial charge in [-0.1, -0.05) is 0 Å². The molecular formula is C19H26ClNO5. The summed E-state index contributed by atoms with van der Waals surface area (Å²) in [6.07, 6.45) is -0.716. The van der Waals surface area contributed by atoms with Crippen molar-refractivity contribution in [1.82, 2.24) is 5.32 Å². The highest BCUT2D eigenvalue weighted by atomic mass is 35.5. The Kier molecular flexibility index (Phi) is 7.38. The average molecular weight is 384 g/mol. The molecule has 0 saturated heterocycles. The number of β-amino-alcohol motifs (C(OH)–C–C–N with tert-alkyl or cyclic N) is 1. The molecule has 2 aromatic rings. The molecule has 1 aromatic heterocycles. The first kappa shape index (κ1) is 22.2. The van der Waals surface area contributed by atoms with Gasteiger partial charge in [0.15, 0.2) is 17.3 Å². The normalized spacial score (nSPS) is 12.5. The molecule has 0 bridgehead atoms. The number of carbonyl (C=O) groups excluding carboxylic acids is 2. The number of benzene rings is 1. The first-order valence-corrected chi connectivity index (χ1v) is 8.23. The van der Waals surface area contributed by atoms with E-state index in [-0.39, 0.29) is 41.9 Å². The zero-order chi connectivity index (χ0) is 18.8. The van der Waals surface area contributed by atoms with Crippen molar-refractivity contribution >= 4 is 34.9 Å². The third kappa shape index (κ3) is 5.56. The minimum Gasteiger partial charge on any atom is -0.490 e. The minimum absolute atomic E-state index is 0. The first-order chi connectivity index (χ1) is 11.6. The summed E-state index contributed by atoms with van der Waals surface area (Å²) in [5.74, 6) is 0.158. The number of rotatable bonds is 7. The second-order valence-electron chi connectivity index (χ2n) is 7.17. The number of nitrogens with one attached hydrogen (secondary N) is 1. The number of hydrogen-bond donors (Lipinski definition) is 2. The number of furan rings is 1. The molecule has 0 spiro atoms. The lowest BCUT2D eigenvalue weighted by molar-refractivity contribution is 0.0952. The van der Waals surface area contributed by atoms with Gasteiger partial charge in [0.05, 0.1) is 5.56 Å². The van der Waals surface area contributed by atoms with E-state index in [1.807, 2.05) is 20.8 Å². The van der Waals surface area contributed by atoms with Crippen molar-refractivity contribution < 1.29 is 23.8 Å². The number of aliphatic hydroxyl groups is 1. The molecule has 2 N–H and O–H groups in total. The van der Waals surface area contributed by atoms with Gasteiger partial charge in [-0.05, 0) is 45.9 Å². The molecule has 0 radical (unpaired) electrons. The van der Waals surface area contributed by atoms with E-state index in [4.69, 9.17) is 9.15 Å². The van der Waals surface area contributed by atoms with Crippen molar-refractivity contribution in [3.05, 3.63) is 29.5 Å². The minimum atomic E-state index is -0.716. The molecule has 6 nitrogen and oxygen atoms in total. The highest BCUT2D eigenvalue weighted by Crippen LogP contribution is 2.31. The quantitative estimate of drug-likeness (QED) is 0.712. The number of aliphatic hydroxyl groups excluding tert-OH is 1. The van der Waals surface area contributed by atoms with Crippen LogP contribution in [-0.2, 0) is 0 Å². The molecule has 7 heteroatoms. The standard InChI is InChI=1S/C19H25NO5.ClH/c1-11(21)17-8-14-15(25-17)6-7-16(18(14)12(2)22)24-10-13(23)9-20-19(3,4)5;/h6-8,13,20,23H,9-10H2,1-5H3;1H. The fourth-order valence-electron chi connectivity index (χ4n) is 2.42. The van der Waals surface area contributed by atoms with E-state index in [1.54, 1.807) is 18.2 Å². The van der Waals surface area contributed by atoms with E-state index < -0.39 is 6.10 Å². The van der Waals surface area contributed by atoms with Gasteiger partial charge in [-0.15, -0.1) is 12.4 Å². The van der Waals surface area contributed by atoms with Crippen molar-refractivity contribution in [2.24, 2.45) is 0 Å². The summed E-state index contributed by atoms with van der Waals surface area (Å²) in [6, 6.07) is 4.83. The van der Waals surface area contributed by atoms with Crippen molar-refractivity contribution in [2.45, 2.75) is 46.3 Å². The van der Waals surface area contributed by atoms with Crippen LogP contribution in [0.3, 0.4) is 0 Å². The van der Waals surface area contributed by atoms with E-state index in [9.17, 15) is 14.7 Å². The maximum atomic E-state index is 12.1. The summed E-state index contributed by atoms with van der Waals surface area (Å²) in [7, 11) is 0. The second-order valence-corrected chi connectivity index (χ2v) is 7.17. The molecule has 1 heterocycles. The van der Waals surface area contributed by atoms with Crippen molar-refractivity contribution in [3.63, 3.8) is 0 Å². The summed E-state index contributed by atoms with van der Waals surface area (Å²) in [5.41, 5.74) is 0.701. The van der Waals surface area contributed by atoms with Crippen molar-refractivity contribution in [1.29, 1.82) is 0 Å². The predicted molar refractivity (Wildman–Crippen MR) is 103 cm³/mol. The van der Waals surface area contributed by atoms with Crippen LogP contribution in [-0.4, -0.2) is 41.5 Å². The summed E-state index contributed by atoms with van der Waals surface area (Å²) in [5, 5.41) is 13.8. The van der Waals surface area contributed by atoms with Crippen LogP contribution < -0.4 is 10.1 Å². The summed E-state index contributed by atoms with van der Waals surface area (Å²) in [4.78, 5) is 23.6. The van der Waals surface area contributed by atoms with Crippen LogP contribution in [0.1, 0.15) is 55.5 Å². The van der Waals surface area contributed by atoms with Gasteiger partial charge in [0.25, 0.3) is 0 Å². The lowest BCUT2D eigenvalue weighted by atomic mass is 10.1. The maximum absolute atomic E-state index is 12.1. The molecule has 0 fully saturated rings. The summed E-state index contributed by atoms with van der Waals surface area (Å²) < 4.78 is 11.1. The number of Topliss-reactive ketones (excluding diaryl/α,β-unsaturated/α-hetero) is 2. The molecule has 0 aliphatic carbocycles. The molecule has 0 aliphatic rings. The number of halogens is 1.